The molecule has 0 saturated carbocycles. The fourth-order valence-electron chi connectivity index (χ4n) is 9.44. The highest BCUT2D eigenvalue weighted by Crippen LogP contribution is 2.35. The van der Waals surface area contributed by atoms with Gasteiger partial charge >= 0.3 is 6.09 Å². The highest BCUT2D eigenvalue weighted by molar-refractivity contribution is 6.76. The van der Waals surface area contributed by atoms with Crippen LogP contribution in [0.2, 0.25) is 25.7 Å². The van der Waals surface area contributed by atoms with Crippen LogP contribution in [0.1, 0.15) is 72.4 Å². The van der Waals surface area contributed by atoms with Crippen molar-refractivity contribution in [2.24, 2.45) is 0 Å². The maximum atomic E-state index is 14.2. The lowest BCUT2D eigenvalue weighted by Crippen LogP contribution is -2.31. The van der Waals surface area contributed by atoms with Crippen molar-refractivity contribution in [3.8, 4) is 11.3 Å². The maximum Gasteiger partial charge on any atom is 0.419 e. The molecule has 2 aliphatic carbocycles. The van der Waals surface area contributed by atoms with Gasteiger partial charge in [0.2, 0.25) is 0 Å². The van der Waals surface area contributed by atoms with Crippen molar-refractivity contribution >= 4 is 60.1 Å². The van der Waals surface area contributed by atoms with Crippen molar-refractivity contribution in [3.05, 3.63) is 218 Å². The predicted octanol–water partition coefficient (Wildman–Crippen LogP) is 12.1. The first-order chi connectivity index (χ1) is 37.8. The van der Waals surface area contributed by atoms with E-state index >= 15 is 0 Å². The van der Waals surface area contributed by atoms with Gasteiger partial charge in [0, 0.05) is 55.7 Å². The molecule has 404 valence electrons. The minimum Gasteiger partial charge on any atom is -0.443 e. The zero-order chi connectivity index (χ0) is 56.0. The van der Waals surface area contributed by atoms with Gasteiger partial charge in [-0.05, 0) is 99.2 Å². The summed E-state index contributed by atoms with van der Waals surface area (Å²) in [7, 11) is -1.38. The molecule has 16 heteroatoms. The largest absolute Gasteiger partial charge is 0.443 e. The van der Waals surface area contributed by atoms with Crippen LogP contribution in [0, 0.1) is 6.92 Å². The molecule has 15 nitrogen and oxygen atoms in total. The van der Waals surface area contributed by atoms with E-state index < -0.39 is 25.7 Å². The molecule has 0 spiro atoms. The highest BCUT2D eigenvalue weighted by Gasteiger charge is 2.29. The highest BCUT2D eigenvalue weighted by atomic mass is 28.3. The monoisotopic (exact) mass is 1070 g/mol. The molecule has 0 aliphatic heterocycles. The Kier molecular flexibility index (Phi) is 16.4. The van der Waals surface area contributed by atoms with Gasteiger partial charge in [0.25, 0.3) is 17.4 Å². The number of allylic oxidation sites excluding steroid dienone is 3. The summed E-state index contributed by atoms with van der Waals surface area (Å²) in [5.41, 5.74) is 9.30. The number of pyridine rings is 1. The number of anilines is 2. The Labute approximate surface area is 460 Å². The number of para-hydroxylation sites is 1. The van der Waals surface area contributed by atoms with Crippen molar-refractivity contribution < 1.29 is 28.7 Å². The summed E-state index contributed by atoms with van der Waals surface area (Å²) in [6.45, 7) is 17.3. The van der Waals surface area contributed by atoms with Crippen LogP contribution in [0.4, 0.5) is 16.2 Å². The Morgan fingerprint density at radius 1 is 0.709 bits per heavy atom. The van der Waals surface area contributed by atoms with E-state index in [0.29, 0.717) is 65.5 Å². The lowest BCUT2D eigenvalue weighted by atomic mass is 9.87. The van der Waals surface area contributed by atoms with Crippen LogP contribution in [0.25, 0.3) is 28.2 Å². The number of hydrogen-bond acceptors (Lipinski definition) is 9. The van der Waals surface area contributed by atoms with E-state index in [1.807, 2.05) is 104 Å². The van der Waals surface area contributed by atoms with Crippen molar-refractivity contribution in [2.75, 3.05) is 17.2 Å². The van der Waals surface area contributed by atoms with Crippen molar-refractivity contribution in [3.63, 3.8) is 0 Å². The molecule has 0 radical (unpaired) electrons. The van der Waals surface area contributed by atoms with Crippen LogP contribution in [-0.4, -0.2) is 72.7 Å². The number of carbonyl (C=O) groups excluding carboxylic acids is 4. The van der Waals surface area contributed by atoms with Gasteiger partial charge in [-0.25, -0.2) is 9.36 Å². The molecule has 0 atom stereocenters. The topological polar surface area (TPSA) is 173 Å². The Hall–Kier alpha value is -8.73. The number of amides is 2. The number of hydrogen-bond donors (Lipinski definition) is 2. The second-order valence-electron chi connectivity index (χ2n) is 22.2. The lowest BCUT2D eigenvalue weighted by Gasteiger charge is -2.22. The molecule has 2 aliphatic rings. The molecule has 79 heavy (non-hydrogen) atoms. The van der Waals surface area contributed by atoms with E-state index in [9.17, 15) is 24.0 Å². The third kappa shape index (κ3) is 13.5. The average Bonchev–Trinajstić information content (AvgIpc) is 4.45. The van der Waals surface area contributed by atoms with Gasteiger partial charge in [0.15, 0.2) is 5.78 Å². The van der Waals surface area contributed by atoms with Gasteiger partial charge < -0.3 is 20.1 Å². The summed E-state index contributed by atoms with van der Waals surface area (Å²) in [5.74, 6) is -0.574. The quantitative estimate of drug-likeness (QED) is 0.0748. The van der Waals surface area contributed by atoms with Crippen LogP contribution in [0.5, 0.6) is 0 Å². The summed E-state index contributed by atoms with van der Waals surface area (Å²) in [6, 6.07) is 39.7. The molecule has 4 aromatic heterocycles. The fourth-order valence-corrected chi connectivity index (χ4v) is 10.2. The summed E-state index contributed by atoms with van der Waals surface area (Å²) in [6.07, 6.45) is 11.0. The summed E-state index contributed by atoms with van der Waals surface area (Å²) < 4.78 is 18.2. The minimum absolute atomic E-state index is 0.0368. The molecular weight excluding hydrogens is 1010 g/mol. The van der Waals surface area contributed by atoms with E-state index in [4.69, 9.17) is 9.47 Å². The molecule has 10 rings (SSSR count). The number of aromatic nitrogens is 6. The lowest BCUT2D eigenvalue weighted by molar-refractivity contribution is -0.114. The van der Waals surface area contributed by atoms with Crippen LogP contribution in [0.3, 0.4) is 0 Å². The number of rotatable bonds is 15. The van der Waals surface area contributed by atoms with Crippen molar-refractivity contribution in [1.29, 1.82) is 0 Å². The molecule has 2 amide bonds. The minimum atomic E-state index is -1.38. The Morgan fingerprint density at radius 3 is 1.92 bits per heavy atom. The van der Waals surface area contributed by atoms with Gasteiger partial charge in [0.05, 0.1) is 59.2 Å². The number of carbonyl (C=O) groups is 4. The van der Waals surface area contributed by atoms with Crippen molar-refractivity contribution in [2.45, 2.75) is 98.6 Å². The SMILES string of the molecule is CC1=C(C(=O)Nc2cnn(Cc3ccccc3)c2)C=C(C2=Cc3ccccc3C2)C(=O)C1.Cc1c(C(=O)Nc2cnn(Cc3ccccc3)c2)cc(-c2cc3ccccc3n2C(=O)OC(C)(C)C)c(=O)n1COCC[Si](C)(C)C. The second-order valence-corrected chi connectivity index (χ2v) is 27.8. The van der Waals surface area contributed by atoms with E-state index in [1.165, 1.54) is 14.7 Å². The van der Waals surface area contributed by atoms with Gasteiger partial charge in [-0.15, -0.1) is 0 Å². The zero-order valence-electron chi connectivity index (χ0n) is 46.0. The summed E-state index contributed by atoms with van der Waals surface area (Å²) >= 11 is 0. The third-order valence-corrected chi connectivity index (χ3v) is 15.3. The molecule has 0 saturated heterocycles. The number of ketones is 1. The van der Waals surface area contributed by atoms with E-state index in [-0.39, 0.29) is 41.5 Å². The second kappa shape index (κ2) is 23.5. The summed E-state index contributed by atoms with van der Waals surface area (Å²) in [5, 5.41) is 15.4. The number of benzene rings is 4. The molecule has 4 heterocycles. The van der Waals surface area contributed by atoms with Crippen molar-refractivity contribution in [1.82, 2.24) is 28.7 Å². The Bertz CT molecular complexity index is 3750. The average molecular weight is 1080 g/mol. The number of fused-ring (bicyclic) bond motifs is 2. The Morgan fingerprint density at radius 2 is 1.30 bits per heavy atom. The molecule has 0 unspecified atom stereocenters. The third-order valence-electron chi connectivity index (χ3n) is 13.6. The fraction of sp³-hybridized carbons (Fsp3) is 0.254. The maximum absolute atomic E-state index is 14.2. The summed E-state index contributed by atoms with van der Waals surface area (Å²) in [4.78, 5) is 67.5. The first kappa shape index (κ1) is 55.0. The molecule has 4 aromatic carbocycles. The smallest absolute Gasteiger partial charge is 0.419 e. The van der Waals surface area contributed by atoms with Gasteiger partial charge in [-0.3, -0.25) is 33.1 Å². The first-order valence-electron chi connectivity index (χ1n) is 26.4. The predicted molar refractivity (Wildman–Crippen MR) is 313 cm³/mol. The molecule has 0 fully saturated rings. The Balaban J connectivity index is 0.000000205. The standard InChI is InChI=1S/C36H43N5O5Si.C27H23N3O2/c1-25-29(33(42)38-28-21-37-39(23-28)22-26-13-9-8-10-14-26)20-30(34(43)40(25)24-45-17-18-47(5,6)7)32-19-27-15-11-12-16-31(27)41(32)35(44)46-36(2,3)4;1-18-11-26(31)25(22-12-20-9-5-6-10-21(20)13-22)14-24(18)27(32)29-23-15-28-30(17-23)16-19-7-3-2-4-8-19/h8-16,19-21,23H,17-18,22,24H2,1-7H3,(H,38,42);2-10,12,14-15,17H,11,13,16H2,1H3,(H,29,32). The number of nitrogens with one attached hydrogen (secondary N) is 2. The number of nitrogens with zero attached hydrogens (tertiary/aromatic N) is 6. The number of ether oxygens (including phenoxy) is 2. The molecule has 2 N–H and O–H groups in total. The van der Waals surface area contributed by atoms with Crippen LogP contribution in [0.15, 0.2) is 179 Å². The van der Waals surface area contributed by atoms with Crippen LogP contribution < -0.4 is 16.2 Å². The number of Topliss-reactive ketones (excluding diaryl/α,β-unsaturated/α-hetero) is 1. The molecule has 8 aromatic rings. The van der Waals surface area contributed by atoms with E-state index in [2.05, 4.69) is 58.7 Å². The normalized spacial score (nSPS) is 13.3. The van der Waals surface area contributed by atoms with Crippen LogP contribution in [-0.2, 0) is 45.3 Å². The van der Waals surface area contributed by atoms with Gasteiger partial charge in [-0.1, -0.05) is 134 Å². The van der Waals surface area contributed by atoms with E-state index in [0.717, 1.165) is 39.3 Å². The van der Waals surface area contributed by atoms with Gasteiger partial charge in [0.1, 0.15) is 12.3 Å². The van der Waals surface area contributed by atoms with E-state index in [1.54, 1.807) is 79.9 Å². The van der Waals surface area contributed by atoms with Crippen LogP contribution >= 0.6 is 0 Å². The van der Waals surface area contributed by atoms with Gasteiger partial charge in [-0.2, -0.15) is 10.2 Å². The first-order valence-corrected chi connectivity index (χ1v) is 30.1. The molecular formula is C63H66N8O7Si. The zero-order valence-corrected chi connectivity index (χ0v) is 47.0. The molecule has 0 bridgehead atoms.